The molecular formula is C24H23FN4O2. The summed E-state index contributed by atoms with van der Waals surface area (Å²) < 4.78 is 20.6. The first-order chi connectivity index (χ1) is 14.8. The Morgan fingerprint density at radius 2 is 1.81 bits per heavy atom. The maximum atomic E-state index is 13.6. The van der Waals surface area contributed by atoms with Gasteiger partial charge in [-0.3, -0.25) is 4.79 Å². The van der Waals surface area contributed by atoms with Gasteiger partial charge in [0.25, 0.3) is 0 Å². The molecule has 0 fully saturated rings. The zero-order valence-electron chi connectivity index (χ0n) is 17.6. The van der Waals surface area contributed by atoms with Crippen molar-refractivity contribution in [1.82, 2.24) is 14.8 Å². The molecule has 31 heavy (non-hydrogen) atoms. The molecule has 1 N–H and O–H groups in total. The molecule has 1 aliphatic carbocycles. The third kappa shape index (κ3) is 3.40. The first kappa shape index (κ1) is 19.5. The summed E-state index contributed by atoms with van der Waals surface area (Å²) in [6.45, 7) is 4.18. The molecule has 1 atom stereocenters. The summed E-state index contributed by atoms with van der Waals surface area (Å²) in [5.41, 5.74) is 3.06. The van der Waals surface area contributed by atoms with Crippen molar-refractivity contribution in [3.63, 3.8) is 0 Å². The minimum Gasteiger partial charge on any atom is -0.497 e. The zero-order chi connectivity index (χ0) is 21.8. The third-order valence-electron chi connectivity index (χ3n) is 5.87. The number of carbonyl (C=O) groups is 1. The monoisotopic (exact) mass is 418 g/mol. The Hall–Kier alpha value is -3.48. The Kier molecular flexibility index (Phi) is 4.43. The van der Waals surface area contributed by atoms with Crippen LogP contribution in [0.4, 0.5) is 10.3 Å². The van der Waals surface area contributed by atoms with E-state index in [1.165, 1.54) is 12.1 Å². The van der Waals surface area contributed by atoms with Crippen LogP contribution in [0.2, 0.25) is 0 Å². The number of anilines is 1. The number of Topliss-reactive ketones (excluding diaryl/α,β-unsaturated/α-hetero) is 1. The SMILES string of the molecule is COc1ccc(-c2nc3n(n2)[C@@H](c2ccc(F)cc2)C2=C(CC(C)(C)CC2=O)N3)cc1. The maximum Gasteiger partial charge on any atom is 0.226 e. The summed E-state index contributed by atoms with van der Waals surface area (Å²) in [7, 11) is 1.62. The molecule has 0 unspecified atom stereocenters. The lowest BCUT2D eigenvalue weighted by atomic mass is 9.73. The van der Waals surface area contributed by atoms with Crippen LogP contribution in [-0.2, 0) is 4.79 Å². The van der Waals surface area contributed by atoms with E-state index < -0.39 is 6.04 Å². The lowest BCUT2D eigenvalue weighted by Crippen LogP contribution is -2.36. The number of ether oxygens (including phenoxy) is 1. The summed E-state index contributed by atoms with van der Waals surface area (Å²) in [6, 6.07) is 13.3. The topological polar surface area (TPSA) is 69.0 Å². The normalized spacial score (nSPS) is 19.5. The molecule has 5 rings (SSSR count). The minimum absolute atomic E-state index is 0.0835. The molecule has 0 radical (unpaired) electrons. The largest absolute Gasteiger partial charge is 0.497 e. The number of allylic oxidation sites excluding steroid dienone is 2. The molecule has 0 amide bonds. The molecule has 2 heterocycles. The fourth-order valence-electron chi connectivity index (χ4n) is 4.42. The average molecular weight is 418 g/mol. The number of benzene rings is 2. The molecule has 7 heteroatoms. The predicted octanol–water partition coefficient (Wildman–Crippen LogP) is 4.75. The van der Waals surface area contributed by atoms with Crippen LogP contribution in [0.25, 0.3) is 11.4 Å². The second-order valence-electron chi connectivity index (χ2n) is 8.84. The smallest absolute Gasteiger partial charge is 0.226 e. The molecule has 0 saturated heterocycles. The van der Waals surface area contributed by atoms with Crippen LogP contribution < -0.4 is 10.1 Å². The van der Waals surface area contributed by atoms with Crippen molar-refractivity contribution in [2.24, 2.45) is 5.41 Å². The zero-order valence-corrected chi connectivity index (χ0v) is 17.6. The van der Waals surface area contributed by atoms with Crippen molar-refractivity contribution >= 4 is 11.7 Å². The third-order valence-corrected chi connectivity index (χ3v) is 5.87. The van der Waals surface area contributed by atoms with Gasteiger partial charge in [0, 0.05) is 23.3 Å². The summed E-state index contributed by atoms with van der Waals surface area (Å²) >= 11 is 0. The second kappa shape index (κ2) is 7.04. The number of nitrogens with one attached hydrogen (secondary N) is 1. The first-order valence-corrected chi connectivity index (χ1v) is 10.2. The van der Waals surface area contributed by atoms with Crippen molar-refractivity contribution in [2.75, 3.05) is 12.4 Å². The Morgan fingerprint density at radius 3 is 2.48 bits per heavy atom. The summed E-state index contributed by atoms with van der Waals surface area (Å²) in [6.07, 6.45) is 1.19. The quantitative estimate of drug-likeness (QED) is 0.665. The summed E-state index contributed by atoms with van der Waals surface area (Å²) in [5.74, 6) is 1.63. The fourth-order valence-corrected chi connectivity index (χ4v) is 4.42. The number of carbonyl (C=O) groups excluding carboxylic acids is 1. The number of nitrogens with zero attached hydrogens (tertiary/aromatic N) is 3. The lowest BCUT2D eigenvalue weighted by Gasteiger charge is -2.38. The van der Waals surface area contributed by atoms with Crippen LogP contribution in [0.5, 0.6) is 5.75 Å². The molecule has 3 aromatic rings. The first-order valence-electron chi connectivity index (χ1n) is 10.2. The summed E-state index contributed by atoms with van der Waals surface area (Å²) in [5, 5.41) is 8.10. The van der Waals surface area contributed by atoms with E-state index in [2.05, 4.69) is 19.2 Å². The molecule has 1 aromatic heterocycles. The summed E-state index contributed by atoms with van der Waals surface area (Å²) in [4.78, 5) is 17.9. The number of hydrogen-bond acceptors (Lipinski definition) is 5. The minimum atomic E-state index is -0.449. The maximum absolute atomic E-state index is 13.6. The number of methoxy groups -OCH3 is 1. The van der Waals surface area contributed by atoms with Gasteiger partial charge in [-0.2, -0.15) is 4.98 Å². The highest BCUT2D eigenvalue weighted by atomic mass is 19.1. The van der Waals surface area contributed by atoms with Crippen LogP contribution in [-0.4, -0.2) is 27.7 Å². The van der Waals surface area contributed by atoms with Crippen LogP contribution >= 0.6 is 0 Å². The Balaban J connectivity index is 1.64. The van der Waals surface area contributed by atoms with Gasteiger partial charge in [-0.15, -0.1) is 5.10 Å². The van der Waals surface area contributed by atoms with E-state index >= 15 is 0 Å². The standard InChI is InChI=1S/C24H23FN4O2/c1-24(2)12-18-20(19(30)13-24)21(14-4-8-16(25)9-5-14)29-23(26-18)27-22(28-29)15-6-10-17(31-3)11-7-15/h4-11,21H,12-13H2,1-3H3,(H,26,27,28)/t21-/m0/s1. The van der Waals surface area contributed by atoms with Gasteiger partial charge in [-0.25, -0.2) is 9.07 Å². The second-order valence-corrected chi connectivity index (χ2v) is 8.84. The van der Waals surface area contributed by atoms with E-state index in [9.17, 15) is 9.18 Å². The van der Waals surface area contributed by atoms with Crippen LogP contribution in [0.3, 0.4) is 0 Å². The van der Waals surface area contributed by atoms with Crippen molar-refractivity contribution in [3.05, 3.63) is 71.2 Å². The van der Waals surface area contributed by atoms with Crippen molar-refractivity contribution in [3.8, 4) is 17.1 Å². The van der Waals surface area contributed by atoms with Crippen molar-refractivity contribution < 1.29 is 13.9 Å². The van der Waals surface area contributed by atoms with Gasteiger partial charge in [0.15, 0.2) is 11.6 Å². The van der Waals surface area contributed by atoms with E-state index in [0.29, 0.717) is 23.8 Å². The highest BCUT2D eigenvalue weighted by molar-refractivity contribution is 6.00. The molecule has 0 saturated carbocycles. The molecule has 6 nitrogen and oxygen atoms in total. The molecule has 0 bridgehead atoms. The molecule has 158 valence electrons. The Bertz CT molecular complexity index is 1190. The number of fused-ring (bicyclic) bond motifs is 1. The van der Waals surface area contributed by atoms with E-state index in [1.807, 2.05) is 24.3 Å². The van der Waals surface area contributed by atoms with E-state index in [4.69, 9.17) is 14.8 Å². The van der Waals surface area contributed by atoms with Crippen LogP contribution in [0, 0.1) is 11.2 Å². The van der Waals surface area contributed by atoms with Gasteiger partial charge in [0.1, 0.15) is 17.6 Å². The van der Waals surface area contributed by atoms with Crippen molar-refractivity contribution in [1.29, 1.82) is 0 Å². The predicted molar refractivity (Wildman–Crippen MR) is 115 cm³/mol. The number of rotatable bonds is 3. The lowest BCUT2D eigenvalue weighted by molar-refractivity contribution is -0.118. The number of halogens is 1. The van der Waals surface area contributed by atoms with Crippen LogP contribution in [0.15, 0.2) is 59.8 Å². The van der Waals surface area contributed by atoms with E-state index in [1.54, 1.807) is 23.9 Å². The molecular weight excluding hydrogens is 395 g/mol. The van der Waals surface area contributed by atoms with E-state index in [-0.39, 0.29) is 17.0 Å². The number of hydrogen-bond donors (Lipinski definition) is 1. The Morgan fingerprint density at radius 1 is 1.10 bits per heavy atom. The highest BCUT2D eigenvalue weighted by Crippen LogP contribution is 2.45. The van der Waals surface area contributed by atoms with Gasteiger partial charge in [0.2, 0.25) is 5.95 Å². The molecule has 0 spiro atoms. The highest BCUT2D eigenvalue weighted by Gasteiger charge is 2.41. The Labute approximate surface area is 179 Å². The average Bonchev–Trinajstić information content (AvgIpc) is 3.16. The van der Waals surface area contributed by atoms with E-state index in [0.717, 1.165) is 29.0 Å². The number of aromatic nitrogens is 3. The molecule has 2 aliphatic rings. The fraction of sp³-hybridized carbons (Fsp3) is 0.292. The van der Waals surface area contributed by atoms with Gasteiger partial charge >= 0.3 is 0 Å². The number of ketones is 1. The van der Waals surface area contributed by atoms with Crippen LogP contribution in [0.1, 0.15) is 38.3 Å². The molecule has 2 aromatic carbocycles. The van der Waals surface area contributed by atoms with Gasteiger partial charge in [-0.1, -0.05) is 26.0 Å². The van der Waals surface area contributed by atoms with Gasteiger partial charge < -0.3 is 10.1 Å². The van der Waals surface area contributed by atoms with Gasteiger partial charge in [-0.05, 0) is 53.8 Å². The van der Waals surface area contributed by atoms with Crippen molar-refractivity contribution in [2.45, 2.75) is 32.7 Å². The molecule has 1 aliphatic heterocycles. The van der Waals surface area contributed by atoms with Gasteiger partial charge in [0.05, 0.1) is 7.11 Å².